The maximum Gasteiger partial charge on any atom is 0.0422 e. The zero-order valence-electron chi connectivity index (χ0n) is 11.4. The SMILES string of the molecule is CCCNC(Cc1ccccn1)c1cc(Cl)cc(Br)c1. The minimum Gasteiger partial charge on any atom is -0.310 e. The Kier molecular flexibility index (Phi) is 6.02. The van der Waals surface area contributed by atoms with Crippen LogP contribution >= 0.6 is 27.5 Å². The molecule has 4 heteroatoms. The molecule has 0 aliphatic carbocycles. The van der Waals surface area contributed by atoms with Crippen LogP contribution in [0.15, 0.2) is 47.1 Å². The molecule has 1 unspecified atom stereocenters. The minimum atomic E-state index is 0.222. The average Bonchev–Trinajstić information content (AvgIpc) is 2.43. The van der Waals surface area contributed by atoms with Crippen molar-refractivity contribution in [2.24, 2.45) is 0 Å². The summed E-state index contributed by atoms with van der Waals surface area (Å²) >= 11 is 9.66. The van der Waals surface area contributed by atoms with E-state index in [1.54, 1.807) is 0 Å². The van der Waals surface area contributed by atoms with Crippen molar-refractivity contribution in [3.63, 3.8) is 0 Å². The van der Waals surface area contributed by atoms with Crippen molar-refractivity contribution in [2.75, 3.05) is 6.54 Å². The summed E-state index contributed by atoms with van der Waals surface area (Å²) in [7, 11) is 0. The average molecular weight is 354 g/mol. The molecule has 20 heavy (non-hydrogen) atoms. The first-order valence-electron chi connectivity index (χ1n) is 6.78. The lowest BCUT2D eigenvalue weighted by Crippen LogP contribution is -2.24. The van der Waals surface area contributed by atoms with Crippen LogP contribution < -0.4 is 5.32 Å². The molecule has 0 amide bonds. The van der Waals surface area contributed by atoms with Crippen LogP contribution in [0.25, 0.3) is 0 Å². The monoisotopic (exact) mass is 352 g/mol. The smallest absolute Gasteiger partial charge is 0.0422 e. The van der Waals surface area contributed by atoms with Gasteiger partial charge in [0.15, 0.2) is 0 Å². The van der Waals surface area contributed by atoms with Crippen molar-refractivity contribution in [2.45, 2.75) is 25.8 Å². The van der Waals surface area contributed by atoms with Crippen LogP contribution in [0.4, 0.5) is 0 Å². The van der Waals surface area contributed by atoms with Gasteiger partial charge in [-0.1, -0.05) is 40.5 Å². The van der Waals surface area contributed by atoms with E-state index in [-0.39, 0.29) is 6.04 Å². The van der Waals surface area contributed by atoms with Gasteiger partial charge in [0, 0.05) is 33.8 Å². The number of hydrogen-bond acceptors (Lipinski definition) is 2. The summed E-state index contributed by atoms with van der Waals surface area (Å²) in [6, 6.07) is 12.3. The Bertz CT molecular complexity index is 525. The molecule has 0 saturated carbocycles. The van der Waals surface area contributed by atoms with Crippen molar-refractivity contribution in [1.29, 1.82) is 0 Å². The Morgan fingerprint density at radius 1 is 1.30 bits per heavy atom. The van der Waals surface area contributed by atoms with E-state index in [1.807, 2.05) is 30.5 Å². The summed E-state index contributed by atoms with van der Waals surface area (Å²) in [4.78, 5) is 4.41. The van der Waals surface area contributed by atoms with Gasteiger partial charge < -0.3 is 5.32 Å². The maximum atomic E-state index is 6.16. The second-order valence-electron chi connectivity index (χ2n) is 4.73. The van der Waals surface area contributed by atoms with Gasteiger partial charge in [0.2, 0.25) is 0 Å². The molecule has 1 N–H and O–H groups in total. The van der Waals surface area contributed by atoms with Crippen molar-refractivity contribution in [3.8, 4) is 0 Å². The van der Waals surface area contributed by atoms with Crippen LogP contribution in [0, 0.1) is 0 Å². The van der Waals surface area contributed by atoms with E-state index < -0.39 is 0 Å². The van der Waals surface area contributed by atoms with E-state index in [9.17, 15) is 0 Å². The maximum absolute atomic E-state index is 6.16. The molecule has 1 heterocycles. The number of nitrogens with zero attached hydrogens (tertiary/aromatic N) is 1. The van der Waals surface area contributed by atoms with Gasteiger partial charge in [-0.3, -0.25) is 4.98 Å². The number of rotatable bonds is 6. The highest BCUT2D eigenvalue weighted by atomic mass is 79.9. The fourth-order valence-electron chi connectivity index (χ4n) is 2.13. The molecule has 2 aromatic rings. The molecule has 0 radical (unpaired) electrons. The third-order valence-electron chi connectivity index (χ3n) is 3.07. The number of aromatic nitrogens is 1. The van der Waals surface area contributed by atoms with Gasteiger partial charge >= 0.3 is 0 Å². The van der Waals surface area contributed by atoms with Crippen LogP contribution in [-0.2, 0) is 6.42 Å². The van der Waals surface area contributed by atoms with E-state index in [1.165, 1.54) is 5.56 Å². The molecule has 0 aliphatic heterocycles. The Morgan fingerprint density at radius 3 is 2.80 bits per heavy atom. The molecule has 106 valence electrons. The molecule has 1 atom stereocenters. The van der Waals surface area contributed by atoms with E-state index in [0.29, 0.717) is 0 Å². The molecular weight excluding hydrogens is 336 g/mol. The predicted molar refractivity (Wildman–Crippen MR) is 88.1 cm³/mol. The Labute approximate surface area is 133 Å². The van der Waals surface area contributed by atoms with Crippen LogP contribution in [0.2, 0.25) is 5.02 Å². The largest absolute Gasteiger partial charge is 0.310 e. The van der Waals surface area contributed by atoms with Gasteiger partial charge in [0.25, 0.3) is 0 Å². The standard InChI is InChI=1S/C16H18BrClN2/c1-2-6-20-16(11-15-5-3-4-7-19-15)12-8-13(17)10-14(18)9-12/h3-5,7-10,16,20H,2,6,11H2,1H3. The first-order chi connectivity index (χ1) is 9.69. The van der Waals surface area contributed by atoms with Gasteiger partial charge in [-0.15, -0.1) is 0 Å². The first kappa shape index (κ1) is 15.5. The molecule has 0 fully saturated rings. The number of hydrogen-bond donors (Lipinski definition) is 1. The highest BCUT2D eigenvalue weighted by Gasteiger charge is 2.13. The van der Waals surface area contributed by atoms with E-state index in [2.05, 4.69) is 45.3 Å². The third-order valence-corrected chi connectivity index (χ3v) is 3.74. The summed E-state index contributed by atoms with van der Waals surface area (Å²) in [5.74, 6) is 0. The number of halogens is 2. The second kappa shape index (κ2) is 7.77. The normalized spacial score (nSPS) is 12.3. The molecule has 2 nitrogen and oxygen atoms in total. The zero-order chi connectivity index (χ0) is 14.4. The third kappa shape index (κ3) is 4.58. The fourth-order valence-corrected chi connectivity index (χ4v) is 3.02. The van der Waals surface area contributed by atoms with Crippen LogP contribution in [-0.4, -0.2) is 11.5 Å². The second-order valence-corrected chi connectivity index (χ2v) is 6.09. The molecule has 0 spiro atoms. The van der Waals surface area contributed by atoms with Crippen molar-refractivity contribution in [1.82, 2.24) is 10.3 Å². The number of pyridine rings is 1. The van der Waals surface area contributed by atoms with Crippen LogP contribution in [0.1, 0.15) is 30.6 Å². The summed E-state index contributed by atoms with van der Waals surface area (Å²) in [6.45, 7) is 3.14. The van der Waals surface area contributed by atoms with Gasteiger partial charge in [0.05, 0.1) is 0 Å². The Morgan fingerprint density at radius 2 is 2.15 bits per heavy atom. The molecular formula is C16H18BrClN2. The molecule has 1 aromatic heterocycles. The Hall–Kier alpha value is -0.900. The van der Waals surface area contributed by atoms with Gasteiger partial charge in [-0.05, 0) is 48.9 Å². The van der Waals surface area contributed by atoms with Gasteiger partial charge in [-0.25, -0.2) is 0 Å². The predicted octanol–water partition coefficient (Wildman–Crippen LogP) is 4.78. The summed E-state index contributed by atoms with van der Waals surface area (Å²) < 4.78 is 1.00. The first-order valence-corrected chi connectivity index (χ1v) is 7.95. The molecule has 0 bridgehead atoms. The highest BCUT2D eigenvalue weighted by molar-refractivity contribution is 9.10. The van der Waals surface area contributed by atoms with Gasteiger partial charge in [0.1, 0.15) is 0 Å². The van der Waals surface area contributed by atoms with Gasteiger partial charge in [-0.2, -0.15) is 0 Å². The fraction of sp³-hybridized carbons (Fsp3) is 0.312. The number of nitrogens with one attached hydrogen (secondary N) is 1. The molecule has 1 aromatic carbocycles. The van der Waals surface area contributed by atoms with E-state index in [0.717, 1.165) is 34.6 Å². The van der Waals surface area contributed by atoms with E-state index >= 15 is 0 Å². The summed E-state index contributed by atoms with van der Waals surface area (Å²) in [5, 5.41) is 4.32. The lowest BCUT2D eigenvalue weighted by atomic mass is 10.0. The van der Waals surface area contributed by atoms with Crippen LogP contribution in [0.5, 0.6) is 0 Å². The molecule has 2 rings (SSSR count). The lowest BCUT2D eigenvalue weighted by molar-refractivity contribution is 0.524. The molecule has 0 aliphatic rings. The lowest BCUT2D eigenvalue weighted by Gasteiger charge is -2.19. The van der Waals surface area contributed by atoms with Crippen molar-refractivity contribution >= 4 is 27.5 Å². The zero-order valence-corrected chi connectivity index (χ0v) is 13.8. The summed E-state index contributed by atoms with van der Waals surface area (Å²) in [6.07, 6.45) is 3.79. The summed E-state index contributed by atoms with van der Waals surface area (Å²) in [5.41, 5.74) is 2.26. The topological polar surface area (TPSA) is 24.9 Å². The van der Waals surface area contributed by atoms with Crippen molar-refractivity contribution in [3.05, 3.63) is 63.3 Å². The van der Waals surface area contributed by atoms with Crippen molar-refractivity contribution < 1.29 is 0 Å². The van der Waals surface area contributed by atoms with E-state index in [4.69, 9.17) is 11.6 Å². The highest BCUT2D eigenvalue weighted by Crippen LogP contribution is 2.25. The quantitative estimate of drug-likeness (QED) is 0.808. The Balaban J connectivity index is 2.22. The van der Waals surface area contributed by atoms with Crippen LogP contribution in [0.3, 0.4) is 0 Å². The molecule has 0 saturated heterocycles. The number of benzene rings is 1. The minimum absolute atomic E-state index is 0.222.